The molecule has 15 heavy (non-hydrogen) atoms. The first-order valence-electron chi connectivity index (χ1n) is 5.30. The fourth-order valence-corrected chi connectivity index (χ4v) is 3.74. The molecule has 0 aliphatic heterocycles. The van der Waals surface area contributed by atoms with E-state index in [1.807, 2.05) is 26.9 Å². The van der Waals surface area contributed by atoms with Gasteiger partial charge in [0.15, 0.2) is 0 Å². The van der Waals surface area contributed by atoms with Crippen LogP contribution in [-0.4, -0.2) is 56.1 Å². The molecule has 0 aromatic carbocycles. The van der Waals surface area contributed by atoms with Crippen LogP contribution in [0.5, 0.6) is 0 Å². The van der Waals surface area contributed by atoms with Crippen LogP contribution in [-0.2, 0) is 0 Å². The molecule has 0 saturated heterocycles. The van der Waals surface area contributed by atoms with Crippen molar-refractivity contribution in [2.24, 2.45) is 0 Å². The largest absolute Gasteiger partial charge is 0.350 e. The topological polar surface area (TPSA) is 40.6 Å². The summed E-state index contributed by atoms with van der Waals surface area (Å²) in [4.78, 5) is 27.3. The molecule has 0 unspecified atom stereocenters. The van der Waals surface area contributed by atoms with Crippen molar-refractivity contribution in [3.05, 3.63) is 0 Å². The third-order valence-electron chi connectivity index (χ3n) is 2.71. The standard InChI is InChI=1S/C10H22N2O2Si/c1-7-11(3)9(13)15(5,6)10(14)12(4)8-2/h7-8H2,1-6H3. The molecule has 4 nitrogen and oxygen atoms in total. The van der Waals surface area contributed by atoms with Crippen molar-refractivity contribution >= 4 is 19.1 Å². The lowest BCUT2D eigenvalue weighted by Gasteiger charge is -2.29. The summed E-state index contributed by atoms with van der Waals surface area (Å²) in [5.74, 6) is 0. The summed E-state index contributed by atoms with van der Waals surface area (Å²) in [6, 6.07) is 0. The summed E-state index contributed by atoms with van der Waals surface area (Å²) in [5.41, 5.74) is 0.0191. The van der Waals surface area contributed by atoms with E-state index in [0.717, 1.165) is 0 Å². The number of amides is 2. The Balaban J connectivity index is 4.81. The Kier molecular flexibility index (Phi) is 5.00. The van der Waals surface area contributed by atoms with Gasteiger partial charge in [-0.2, -0.15) is 0 Å². The average molecular weight is 230 g/mol. The van der Waals surface area contributed by atoms with Crippen LogP contribution in [0, 0.1) is 0 Å². The Hall–Kier alpha value is -0.843. The number of carbonyl (C=O) groups excluding carboxylic acids is 2. The van der Waals surface area contributed by atoms with E-state index in [0.29, 0.717) is 13.1 Å². The molecule has 0 spiro atoms. The van der Waals surface area contributed by atoms with Crippen LogP contribution in [0.1, 0.15) is 13.8 Å². The van der Waals surface area contributed by atoms with Crippen LogP contribution in [0.25, 0.3) is 0 Å². The molecule has 0 fully saturated rings. The lowest BCUT2D eigenvalue weighted by atomic mass is 10.7. The van der Waals surface area contributed by atoms with Crippen molar-refractivity contribution in [2.45, 2.75) is 26.9 Å². The minimum Gasteiger partial charge on any atom is -0.350 e. The molecular formula is C10H22N2O2Si. The predicted molar refractivity (Wildman–Crippen MR) is 64.9 cm³/mol. The van der Waals surface area contributed by atoms with Gasteiger partial charge in [-0.1, -0.05) is 13.1 Å². The first-order valence-corrected chi connectivity index (χ1v) is 8.30. The van der Waals surface area contributed by atoms with Crippen LogP contribution < -0.4 is 0 Å². The van der Waals surface area contributed by atoms with Crippen molar-refractivity contribution in [1.82, 2.24) is 9.80 Å². The first kappa shape index (κ1) is 14.2. The lowest BCUT2D eigenvalue weighted by molar-refractivity contribution is 0.224. The van der Waals surface area contributed by atoms with Crippen LogP contribution in [0.4, 0.5) is 9.59 Å². The fraction of sp³-hybridized carbons (Fsp3) is 0.800. The minimum atomic E-state index is -2.50. The minimum absolute atomic E-state index is 0.00954. The number of hydrogen-bond acceptors (Lipinski definition) is 2. The molecule has 0 atom stereocenters. The Morgan fingerprint density at radius 3 is 1.40 bits per heavy atom. The molecule has 5 heteroatoms. The van der Waals surface area contributed by atoms with E-state index in [2.05, 4.69) is 0 Å². The molecule has 0 aliphatic carbocycles. The molecule has 88 valence electrons. The van der Waals surface area contributed by atoms with Gasteiger partial charge in [0.1, 0.15) is 0 Å². The van der Waals surface area contributed by atoms with Crippen molar-refractivity contribution in [3.63, 3.8) is 0 Å². The van der Waals surface area contributed by atoms with E-state index in [1.165, 1.54) is 0 Å². The van der Waals surface area contributed by atoms with Gasteiger partial charge in [0.05, 0.1) is 0 Å². The molecule has 0 radical (unpaired) electrons. The van der Waals surface area contributed by atoms with E-state index < -0.39 is 8.07 Å². The average Bonchev–Trinajstić information content (AvgIpc) is 2.24. The maximum atomic E-state index is 12.0. The number of rotatable bonds is 4. The van der Waals surface area contributed by atoms with Gasteiger partial charge in [0.25, 0.3) is 8.07 Å². The smallest absolute Gasteiger partial charge is 0.256 e. The predicted octanol–water partition coefficient (Wildman–Crippen LogP) is 2.00. The van der Waals surface area contributed by atoms with Gasteiger partial charge in [0, 0.05) is 27.2 Å². The van der Waals surface area contributed by atoms with E-state index >= 15 is 0 Å². The quantitative estimate of drug-likeness (QED) is 0.693. The molecule has 0 aliphatic rings. The molecule has 0 rings (SSSR count). The molecule has 0 saturated carbocycles. The summed E-state index contributed by atoms with van der Waals surface area (Å²) in [6.07, 6.45) is 0. The van der Waals surface area contributed by atoms with Crippen molar-refractivity contribution in [3.8, 4) is 0 Å². The summed E-state index contributed by atoms with van der Waals surface area (Å²) >= 11 is 0. The molecular weight excluding hydrogens is 208 g/mol. The monoisotopic (exact) mass is 230 g/mol. The summed E-state index contributed by atoms with van der Waals surface area (Å²) in [6.45, 7) is 8.76. The lowest BCUT2D eigenvalue weighted by Crippen LogP contribution is -2.56. The zero-order chi connectivity index (χ0) is 12.2. The maximum absolute atomic E-state index is 12.0. The Labute approximate surface area is 93.2 Å². The highest BCUT2D eigenvalue weighted by Crippen LogP contribution is 2.12. The van der Waals surface area contributed by atoms with E-state index in [4.69, 9.17) is 0 Å². The van der Waals surface area contributed by atoms with E-state index in [9.17, 15) is 9.59 Å². The van der Waals surface area contributed by atoms with Gasteiger partial charge in [-0.15, -0.1) is 0 Å². The van der Waals surface area contributed by atoms with Gasteiger partial charge in [0.2, 0.25) is 11.1 Å². The maximum Gasteiger partial charge on any atom is 0.256 e. The normalized spacial score (nSPS) is 11.1. The molecule has 0 N–H and O–H groups in total. The molecule has 0 heterocycles. The second kappa shape index (κ2) is 5.30. The number of nitrogens with zero attached hydrogens (tertiary/aromatic N) is 2. The van der Waals surface area contributed by atoms with Gasteiger partial charge in [-0.3, -0.25) is 9.59 Å². The molecule has 0 aromatic heterocycles. The van der Waals surface area contributed by atoms with Gasteiger partial charge >= 0.3 is 0 Å². The van der Waals surface area contributed by atoms with Crippen LogP contribution in [0.15, 0.2) is 0 Å². The zero-order valence-electron chi connectivity index (χ0n) is 10.6. The number of hydrogen-bond donors (Lipinski definition) is 0. The fourth-order valence-electron chi connectivity index (χ4n) is 1.33. The third-order valence-corrected chi connectivity index (χ3v) is 5.61. The van der Waals surface area contributed by atoms with E-state index in [1.54, 1.807) is 23.9 Å². The number of carbonyl (C=O) groups is 2. The highest BCUT2D eigenvalue weighted by Gasteiger charge is 2.42. The SMILES string of the molecule is CCN(C)C(=O)[Si](C)(C)C(=O)N(C)CC. The highest BCUT2D eigenvalue weighted by atomic mass is 28.3. The zero-order valence-corrected chi connectivity index (χ0v) is 11.6. The van der Waals surface area contributed by atoms with Crippen LogP contribution in [0.2, 0.25) is 13.1 Å². The second-order valence-corrected chi connectivity index (χ2v) is 8.37. The van der Waals surface area contributed by atoms with Gasteiger partial charge < -0.3 is 9.80 Å². The van der Waals surface area contributed by atoms with Crippen molar-refractivity contribution in [1.29, 1.82) is 0 Å². The third kappa shape index (κ3) is 3.05. The summed E-state index contributed by atoms with van der Waals surface area (Å²) in [5, 5.41) is 0. The Bertz CT molecular complexity index is 230. The molecule has 2 amide bonds. The van der Waals surface area contributed by atoms with Crippen molar-refractivity contribution in [2.75, 3.05) is 27.2 Å². The van der Waals surface area contributed by atoms with Crippen LogP contribution in [0.3, 0.4) is 0 Å². The van der Waals surface area contributed by atoms with Crippen molar-refractivity contribution < 1.29 is 9.59 Å². The second-order valence-electron chi connectivity index (χ2n) is 4.26. The summed E-state index contributed by atoms with van der Waals surface area (Å²) < 4.78 is 0. The Morgan fingerprint density at radius 2 is 1.20 bits per heavy atom. The molecule has 0 bridgehead atoms. The molecule has 0 aromatic rings. The Morgan fingerprint density at radius 1 is 0.933 bits per heavy atom. The van der Waals surface area contributed by atoms with Gasteiger partial charge in [-0.05, 0) is 13.8 Å². The van der Waals surface area contributed by atoms with Crippen LogP contribution >= 0.6 is 0 Å². The van der Waals surface area contributed by atoms with Gasteiger partial charge in [-0.25, -0.2) is 0 Å². The first-order chi connectivity index (χ1) is 6.78. The summed E-state index contributed by atoms with van der Waals surface area (Å²) in [7, 11) is 0.989. The highest BCUT2D eigenvalue weighted by molar-refractivity contribution is 7.23. The van der Waals surface area contributed by atoms with E-state index in [-0.39, 0.29) is 11.1 Å².